The molecule has 0 radical (unpaired) electrons. The molecule has 1 aliphatic rings. The van der Waals surface area contributed by atoms with Crippen LogP contribution in [0, 0.1) is 6.92 Å². The molecule has 3 rings (SSSR count). The fraction of sp³-hybridized carbons (Fsp3) is 0.353. The number of benzene rings is 1. The quantitative estimate of drug-likeness (QED) is 0.914. The van der Waals surface area contributed by atoms with Crippen molar-refractivity contribution in [3.63, 3.8) is 0 Å². The number of nitrogens with zero attached hydrogens (tertiary/aromatic N) is 2. The number of phenols is 1. The summed E-state index contributed by atoms with van der Waals surface area (Å²) in [5.74, 6) is 0.352. The van der Waals surface area contributed by atoms with Gasteiger partial charge in [0.1, 0.15) is 5.75 Å². The van der Waals surface area contributed by atoms with E-state index in [1.54, 1.807) is 17.4 Å². The lowest BCUT2D eigenvalue weighted by atomic mass is 10.1. The third-order valence-corrected chi connectivity index (χ3v) is 5.11. The summed E-state index contributed by atoms with van der Waals surface area (Å²) in [6, 6.07) is 5.62. The van der Waals surface area contributed by atoms with Crippen molar-refractivity contribution < 1.29 is 5.11 Å². The zero-order valence-corrected chi connectivity index (χ0v) is 13.6. The summed E-state index contributed by atoms with van der Waals surface area (Å²) >= 11 is 1.62. The van der Waals surface area contributed by atoms with E-state index in [1.165, 1.54) is 10.6 Å². The van der Waals surface area contributed by atoms with Crippen LogP contribution in [0.15, 0.2) is 24.3 Å². The Morgan fingerprint density at radius 2 is 2.18 bits per heavy atom. The van der Waals surface area contributed by atoms with Gasteiger partial charge in [0.05, 0.1) is 5.69 Å². The van der Waals surface area contributed by atoms with Crippen LogP contribution in [0.5, 0.6) is 5.75 Å². The summed E-state index contributed by atoms with van der Waals surface area (Å²) in [6.07, 6.45) is 6.26. The van der Waals surface area contributed by atoms with Gasteiger partial charge in [-0.1, -0.05) is 24.3 Å². The highest BCUT2D eigenvalue weighted by molar-refractivity contribution is 7.15. The Morgan fingerprint density at radius 1 is 1.36 bits per heavy atom. The van der Waals surface area contributed by atoms with Gasteiger partial charge in [-0.15, -0.1) is 11.3 Å². The smallest absolute Gasteiger partial charge is 0.180 e. The van der Waals surface area contributed by atoms with Crippen molar-refractivity contribution in [3.8, 4) is 5.75 Å². The van der Waals surface area contributed by atoms with Gasteiger partial charge in [-0.3, -0.25) is 4.90 Å². The van der Waals surface area contributed by atoms with Crippen molar-refractivity contribution in [3.05, 3.63) is 46.0 Å². The van der Waals surface area contributed by atoms with Crippen LogP contribution >= 0.6 is 11.3 Å². The number of thiazole rings is 1. The molecule has 0 bridgehead atoms. The fourth-order valence-corrected chi connectivity index (χ4v) is 3.63. The first-order valence-electron chi connectivity index (χ1n) is 7.55. The lowest BCUT2D eigenvalue weighted by Gasteiger charge is -2.17. The van der Waals surface area contributed by atoms with E-state index in [0.29, 0.717) is 10.9 Å². The minimum atomic E-state index is 0.352. The van der Waals surface area contributed by atoms with Crippen molar-refractivity contribution in [2.75, 3.05) is 25.4 Å². The Kier molecular flexibility index (Phi) is 4.45. The van der Waals surface area contributed by atoms with Crippen LogP contribution in [0.3, 0.4) is 0 Å². The van der Waals surface area contributed by atoms with Crippen molar-refractivity contribution >= 4 is 22.5 Å². The van der Waals surface area contributed by atoms with Crippen LogP contribution in [0.2, 0.25) is 0 Å². The molecule has 1 aromatic carbocycles. The Balaban J connectivity index is 1.59. The van der Waals surface area contributed by atoms with Gasteiger partial charge in [0.25, 0.3) is 0 Å². The van der Waals surface area contributed by atoms with E-state index >= 15 is 0 Å². The number of nitrogen functional groups attached to an aromatic ring is 1. The van der Waals surface area contributed by atoms with Gasteiger partial charge in [0.2, 0.25) is 0 Å². The normalized spacial score (nSPS) is 15.9. The molecule has 4 nitrogen and oxygen atoms in total. The average molecular weight is 315 g/mol. The van der Waals surface area contributed by atoms with Gasteiger partial charge in [0.15, 0.2) is 5.13 Å². The summed E-state index contributed by atoms with van der Waals surface area (Å²) in [7, 11) is 0. The monoisotopic (exact) mass is 315 g/mol. The maximum Gasteiger partial charge on any atom is 0.180 e. The van der Waals surface area contributed by atoms with E-state index in [0.717, 1.165) is 43.6 Å². The topological polar surface area (TPSA) is 62.4 Å². The van der Waals surface area contributed by atoms with Crippen molar-refractivity contribution in [1.29, 1.82) is 0 Å². The summed E-state index contributed by atoms with van der Waals surface area (Å²) in [5, 5.41) is 10.4. The molecule has 3 N–H and O–H groups in total. The average Bonchev–Trinajstić information content (AvgIpc) is 2.75. The number of anilines is 1. The molecule has 2 heterocycles. The second kappa shape index (κ2) is 6.50. The molecule has 0 aliphatic carbocycles. The maximum atomic E-state index is 9.72. The Morgan fingerprint density at radius 3 is 3.05 bits per heavy atom. The summed E-state index contributed by atoms with van der Waals surface area (Å²) in [6.45, 7) is 4.91. The Labute approximate surface area is 134 Å². The van der Waals surface area contributed by atoms with Gasteiger partial charge in [0, 0.05) is 30.9 Å². The van der Waals surface area contributed by atoms with Gasteiger partial charge < -0.3 is 10.8 Å². The van der Waals surface area contributed by atoms with Crippen LogP contribution in [0.4, 0.5) is 5.13 Å². The van der Waals surface area contributed by atoms with Crippen molar-refractivity contribution in [2.45, 2.75) is 19.8 Å². The number of aromatic nitrogens is 1. The van der Waals surface area contributed by atoms with Crippen LogP contribution in [-0.2, 0) is 12.8 Å². The molecule has 0 atom stereocenters. The van der Waals surface area contributed by atoms with E-state index in [2.05, 4.69) is 22.0 Å². The minimum absolute atomic E-state index is 0.352. The van der Waals surface area contributed by atoms with Crippen molar-refractivity contribution in [1.82, 2.24) is 9.88 Å². The second-order valence-corrected chi connectivity index (χ2v) is 6.73. The van der Waals surface area contributed by atoms with Gasteiger partial charge in [-0.05, 0) is 30.5 Å². The van der Waals surface area contributed by atoms with Crippen molar-refractivity contribution in [2.24, 2.45) is 0 Å². The van der Waals surface area contributed by atoms with E-state index in [1.807, 2.05) is 19.1 Å². The van der Waals surface area contributed by atoms with E-state index < -0.39 is 0 Å². The molecule has 2 aromatic rings. The predicted octanol–water partition coefficient (Wildman–Crippen LogP) is 2.85. The van der Waals surface area contributed by atoms with E-state index in [-0.39, 0.29) is 0 Å². The molecule has 1 aromatic heterocycles. The minimum Gasteiger partial charge on any atom is -0.508 e. The molecule has 0 unspecified atom stereocenters. The summed E-state index contributed by atoms with van der Waals surface area (Å²) < 4.78 is 0. The largest absolute Gasteiger partial charge is 0.508 e. The fourth-order valence-electron chi connectivity index (χ4n) is 2.76. The summed E-state index contributed by atoms with van der Waals surface area (Å²) in [5.41, 5.74) is 8.96. The lowest BCUT2D eigenvalue weighted by molar-refractivity contribution is 0.318. The standard InChI is InChI=1S/C17H21N3OS/c1-12-13(4-2-6-15(12)21)5-3-9-20-10-7-14-16(8-11-20)22-17(18)19-14/h2-6,21H,7-11H2,1H3,(H2,18,19). The Bertz CT molecular complexity index is 668. The molecule has 0 amide bonds. The second-order valence-electron chi connectivity index (χ2n) is 5.62. The first-order chi connectivity index (χ1) is 10.6. The molecule has 0 saturated heterocycles. The van der Waals surface area contributed by atoms with Gasteiger partial charge >= 0.3 is 0 Å². The van der Waals surface area contributed by atoms with Crippen LogP contribution < -0.4 is 5.73 Å². The molecule has 116 valence electrons. The third kappa shape index (κ3) is 3.31. The number of rotatable bonds is 3. The lowest BCUT2D eigenvalue weighted by Crippen LogP contribution is -2.26. The zero-order chi connectivity index (χ0) is 15.5. The number of aromatic hydroxyl groups is 1. The van der Waals surface area contributed by atoms with E-state index in [4.69, 9.17) is 5.73 Å². The first kappa shape index (κ1) is 15.1. The maximum absolute atomic E-state index is 9.72. The van der Waals surface area contributed by atoms with Gasteiger partial charge in [-0.25, -0.2) is 4.98 Å². The number of hydrogen-bond acceptors (Lipinski definition) is 5. The molecular weight excluding hydrogens is 294 g/mol. The van der Waals surface area contributed by atoms with Gasteiger partial charge in [-0.2, -0.15) is 0 Å². The number of hydrogen-bond donors (Lipinski definition) is 2. The van der Waals surface area contributed by atoms with Crippen LogP contribution in [0.25, 0.3) is 6.08 Å². The Hall–Kier alpha value is -1.85. The highest BCUT2D eigenvalue weighted by Crippen LogP contribution is 2.24. The third-order valence-electron chi connectivity index (χ3n) is 4.12. The number of phenolic OH excluding ortho intramolecular Hbond substituents is 1. The van der Waals surface area contributed by atoms with Crippen LogP contribution in [-0.4, -0.2) is 34.6 Å². The molecule has 0 saturated carbocycles. The summed E-state index contributed by atoms with van der Waals surface area (Å²) in [4.78, 5) is 8.19. The molecule has 0 spiro atoms. The molecular formula is C17H21N3OS. The SMILES string of the molecule is Cc1c(O)cccc1C=CCN1CCc2nc(N)sc2CC1. The highest BCUT2D eigenvalue weighted by atomic mass is 32.1. The molecule has 5 heteroatoms. The van der Waals surface area contributed by atoms with E-state index in [9.17, 15) is 5.11 Å². The predicted molar refractivity (Wildman–Crippen MR) is 92.3 cm³/mol. The highest BCUT2D eigenvalue weighted by Gasteiger charge is 2.16. The molecule has 0 fully saturated rings. The zero-order valence-electron chi connectivity index (χ0n) is 12.7. The molecule has 1 aliphatic heterocycles. The number of fused-ring (bicyclic) bond motifs is 1. The first-order valence-corrected chi connectivity index (χ1v) is 8.36. The number of nitrogens with two attached hydrogens (primary N) is 1. The molecule has 22 heavy (non-hydrogen) atoms. The van der Waals surface area contributed by atoms with Crippen LogP contribution in [0.1, 0.15) is 21.7 Å².